The highest BCUT2D eigenvalue weighted by atomic mass is 19.1. The molecule has 186 valence electrons. The van der Waals surface area contributed by atoms with Gasteiger partial charge in [-0.05, 0) is 49.7 Å². The minimum Gasteiger partial charge on any atom is -0.493 e. The molecule has 1 saturated carbocycles. The van der Waals surface area contributed by atoms with Crippen molar-refractivity contribution in [2.24, 2.45) is 11.8 Å². The van der Waals surface area contributed by atoms with E-state index in [0.717, 1.165) is 26.1 Å². The molecule has 1 unspecified atom stereocenters. The number of hydrogen-bond donors (Lipinski definition) is 1. The molecule has 3 aromatic rings. The molecule has 1 amide bonds. The van der Waals surface area contributed by atoms with Crippen molar-refractivity contribution in [1.82, 2.24) is 9.88 Å². The number of rotatable bonds is 11. The Labute approximate surface area is 205 Å². The molecule has 1 N–H and O–H groups in total. The lowest BCUT2D eigenvalue weighted by molar-refractivity contribution is -0.117. The van der Waals surface area contributed by atoms with Crippen LogP contribution in [0.3, 0.4) is 0 Å². The van der Waals surface area contributed by atoms with Crippen LogP contribution in [0.15, 0.2) is 42.6 Å². The molecule has 2 aromatic carbocycles. The second kappa shape index (κ2) is 10.9. The minimum atomic E-state index is -0.570. The second-order valence-corrected chi connectivity index (χ2v) is 8.76. The van der Waals surface area contributed by atoms with Crippen molar-refractivity contribution < 1.29 is 23.4 Å². The van der Waals surface area contributed by atoms with Crippen LogP contribution < -0.4 is 19.5 Å². The molecule has 0 saturated heterocycles. The van der Waals surface area contributed by atoms with Gasteiger partial charge in [-0.1, -0.05) is 20.8 Å². The summed E-state index contributed by atoms with van der Waals surface area (Å²) >= 11 is 0. The monoisotopic (exact) mass is 481 g/mol. The lowest BCUT2D eigenvalue weighted by Gasteiger charge is -2.19. The van der Waals surface area contributed by atoms with Crippen molar-refractivity contribution in [3.05, 3.63) is 48.4 Å². The van der Waals surface area contributed by atoms with Crippen molar-refractivity contribution in [3.63, 3.8) is 0 Å². The van der Waals surface area contributed by atoms with Gasteiger partial charge in [0.25, 0.3) is 0 Å². The Hall–Kier alpha value is -3.39. The zero-order chi connectivity index (χ0) is 24.9. The van der Waals surface area contributed by atoms with E-state index in [2.05, 4.69) is 29.0 Å². The number of hydrogen-bond acceptors (Lipinski definition) is 6. The Morgan fingerprint density at radius 3 is 2.54 bits per heavy atom. The first-order chi connectivity index (χ1) is 16.9. The fourth-order valence-electron chi connectivity index (χ4n) is 4.02. The Kier molecular flexibility index (Phi) is 7.70. The van der Waals surface area contributed by atoms with Gasteiger partial charge in [0.1, 0.15) is 12.4 Å². The Bertz CT molecular complexity index is 1200. The summed E-state index contributed by atoms with van der Waals surface area (Å²) < 4.78 is 32.2. The van der Waals surface area contributed by atoms with Crippen molar-refractivity contribution in [2.75, 3.05) is 38.7 Å². The van der Waals surface area contributed by atoms with E-state index in [0.29, 0.717) is 46.4 Å². The number of amides is 1. The van der Waals surface area contributed by atoms with Gasteiger partial charge in [0.2, 0.25) is 5.91 Å². The number of carbonyl (C=O) groups is 1. The average molecular weight is 482 g/mol. The minimum absolute atomic E-state index is 0.0123. The van der Waals surface area contributed by atoms with Gasteiger partial charge >= 0.3 is 0 Å². The zero-order valence-electron chi connectivity index (χ0n) is 20.6. The highest BCUT2D eigenvalue weighted by Gasteiger charge is 2.39. The van der Waals surface area contributed by atoms with Gasteiger partial charge in [0.15, 0.2) is 23.1 Å². The van der Waals surface area contributed by atoms with Gasteiger partial charge in [-0.25, -0.2) is 4.39 Å². The molecular weight excluding hydrogens is 449 g/mol. The van der Waals surface area contributed by atoms with Crippen LogP contribution in [0, 0.1) is 17.7 Å². The molecular formula is C27H32FN3O4. The summed E-state index contributed by atoms with van der Waals surface area (Å²) in [4.78, 5) is 18.8. The first-order valence-electron chi connectivity index (χ1n) is 12.0. The molecule has 1 aliphatic carbocycles. The standard InChI is InChI=1S/C27H32FN3O4/c1-5-31(6-2)11-12-34-26-16-22-20(15-25(26)33-4)23(9-10-29-22)35-24-8-7-18(14-21(24)28)30-27(32)19-13-17(19)3/h7-10,14-17,19H,5-6,11-13H2,1-4H3,(H,30,32)/t17?,19-/m1/s1. The zero-order valence-corrected chi connectivity index (χ0v) is 20.6. The van der Waals surface area contributed by atoms with E-state index in [1.807, 2.05) is 6.92 Å². The first-order valence-corrected chi connectivity index (χ1v) is 12.0. The number of halogens is 1. The maximum Gasteiger partial charge on any atom is 0.227 e. The van der Waals surface area contributed by atoms with E-state index in [4.69, 9.17) is 14.2 Å². The molecule has 2 atom stereocenters. The van der Waals surface area contributed by atoms with Crippen LogP contribution in [-0.4, -0.2) is 49.1 Å². The maximum absolute atomic E-state index is 14.8. The van der Waals surface area contributed by atoms with Crippen molar-refractivity contribution in [2.45, 2.75) is 27.2 Å². The molecule has 1 heterocycles. The third-order valence-electron chi connectivity index (χ3n) is 6.41. The topological polar surface area (TPSA) is 72.9 Å². The number of anilines is 1. The van der Waals surface area contributed by atoms with Gasteiger partial charge in [0.05, 0.1) is 12.6 Å². The Balaban J connectivity index is 1.52. The summed E-state index contributed by atoms with van der Waals surface area (Å²) in [5, 5.41) is 3.44. The number of benzene rings is 2. The van der Waals surface area contributed by atoms with Crippen LogP contribution in [0.1, 0.15) is 27.2 Å². The van der Waals surface area contributed by atoms with Crippen molar-refractivity contribution >= 4 is 22.5 Å². The number of carbonyl (C=O) groups excluding carboxylic acids is 1. The number of fused-ring (bicyclic) bond motifs is 1. The molecule has 7 nitrogen and oxygen atoms in total. The van der Waals surface area contributed by atoms with E-state index in [-0.39, 0.29) is 17.6 Å². The lowest BCUT2D eigenvalue weighted by atomic mass is 10.1. The highest BCUT2D eigenvalue weighted by molar-refractivity contribution is 5.94. The molecule has 0 bridgehead atoms. The molecule has 1 fully saturated rings. The Morgan fingerprint density at radius 1 is 1.11 bits per heavy atom. The number of nitrogens with zero attached hydrogens (tertiary/aromatic N) is 2. The predicted octanol–water partition coefficient (Wildman–Crippen LogP) is 5.49. The van der Waals surface area contributed by atoms with E-state index < -0.39 is 5.82 Å². The number of aromatic nitrogens is 1. The smallest absolute Gasteiger partial charge is 0.227 e. The van der Waals surface area contributed by atoms with E-state index in [9.17, 15) is 9.18 Å². The van der Waals surface area contributed by atoms with Crippen LogP contribution in [-0.2, 0) is 4.79 Å². The number of methoxy groups -OCH3 is 1. The van der Waals surface area contributed by atoms with Crippen molar-refractivity contribution in [1.29, 1.82) is 0 Å². The van der Waals surface area contributed by atoms with Crippen molar-refractivity contribution in [3.8, 4) is 23.0 Å². The molecule has 0 aliphatic heterocycles. The third-order valence-corrected chi connectivity index (χ3v) is 6.41. The van der Waals surface area contributed by atoms with Gasteiger partial charge in [-0.15, -0.1) is 0 Å². The highest BCUT2D eigenvalue weighted by Crippen LogP contribution is 2.39. The van der Waals surface area contributed by atoms with Crippen LogP contribution in [0.2, 0.25) is 0 Å². The molecule has 4 rings (SSSR count). The van der Waals surface area contributed by atoms with E-state index in [1.54, 1.807) is 37.6 Å². The van der Waals surface area contributed by atoms with Crippen LogP contribution in [0.25, 0.3) is 10.9 Å². The molecule has 35 heavy (non-hydrogen) atoms. The van der Waals surface area contributed by atoms with Crippen LogP contribution >= 0.6 is 0 Å². The van der Waals surface area contributed by atoms with E-state index >= 15 is 0 Å². The average Bonchev–Trinajstić information content (AvgIpc) is 3.60. The van der Waals surface area contributed by atoms with Gasteiger partial charge in [-0.3, -0.25) is 9.78 Å². The van der Waals surface area contributed by atoms with E-state index in [1.165, 1.54) is 12.1 Å². The van der Waals surface area contributed by atoms with Gasteiger partial charge in [0, 0.05) is 41.9 Å². The largest absolute Gasteiger partial charge is 0.493 e. The lowest BCUT2D eigenvalue weighted by Crippen LogP contribution is -2.27. The summed E-state index contributed by atoms with van der Waals surface area (Å²) in [6, 6.07) is 9.67. The quantitative estimate of drug-likeness (QED) is 0.390. The molecule has 0 radical (unpaired) electrons. The normalized spacial score (nSPS) is 16.9. The summed E-state index contributed by atoms with van der Waals surface area (Å²) in [6.07, 6.45) is 2.48. The number of likely N-dealkylation sites (N-methyl/N-ethyl adjacent to an activating group) is 1. The van der Waals surface area contributed by atoms with Gasteiger partial charge < -0.3 is 24.4 Å². The molecule has 1 aliphatic rings. The molecule has 8 heteroatoms. The maximum atomic E-state index is 14.8. The fourth-order valence-corrected chi connectivity index (χ4v) is 4.02. The number of pyridine rings is 1. The fraction of sp³-hybridized carbons (Fsp3) is 0.407. The van der Waals surface area contributed by atoms with Crippen LogP contribution in [0.4, 0.5) is 10.1 Å². The SMILES string of the molecule is CCN(CC)CCOc1cc2nccc(Oc3ccc(NC(=O)[C@@H]4CC4C)cc3F)c2cc1OC. The first kappa shape index (κ1) is 24.7. The summed E-state index contributed by atoms with van der Waals surface area (Å²) in [6.45, 7) is 9.51. The summed E-state index contributed by atoms with van der Waals surface area (Å²) in [5.41, 5.74) is 1.05. The number of ether oxygens (including phenoxy) is 3. The molecule has 1 aromatic heterocycles. The number of nitrogens with one attached hydrogen (secondary N) is 1. The second-order valence-electron chi connectivity index (χ2n) is 8.76. The summed E-state index contributed by atoms with van der Waals surface area (Å²) in [5.74, 6) is 1.37. The third kappa shape index (κ3) is 5.82. The Morgan fingerprint density at radius 2 is 1.89 bits per heavy atom. The predicted molar refractivity (Wildman–Crippen MR) is 134 cm³/mol. The van der Waals surface area contributed by atoms with Crippen LogP contribution in [0.5, 0.6) is 23.0 Å². The van der Waals surface area contributed by atoms with Gasteiger partial charge in [-0.2, -0.15) is 0 Å². The summed E-state index contributed by atoms with van der Waals surface area (Å²) in [7, 11) is 1.57. The molecule has 0 spiro atoms.